The van der Waals surface area contributed by atoms with Crippen LogP contribution in [0.15, 0.2) is 18.2 Å². The van der Waals surface area contributed by atoms with Gasteiger partial charge in [-0.25, -0.2) is 0 Å². The van der Waals surface area contributed by atoms with Crippen molar-refractivity contribution in [1.29, 1.82) is 0 Å². The van der Waals surface area contributed by atoms with E-state index in [1.54, 1.807) is 0 Å². The molecule has 1 saturated heterocycles. The molecule has 3 heteroatoms. The zero-order valence-corrected chi connectivity index (χ0v) is 12.7. The number of hydrogen-bond donors (Lipinski definition) is 1. The Morgan fingerprint density at radius 1 is 1.20 bits per heavy atom. The summed E-state index contributed by atoms with van der Waals surface area (Å²) < 4.78 is 0. The maximum Gasteiger partial charge on any atom is 0.222 e. The summed E-state index contributed by atoms with van der Waals surface area (Å²) in [6.07, 6.45) is 5.21. The molecule has 0 saturated carbocycles. The Kier molecular flexibility index (Phi) is 5.18. The predicted octanol–water partition coefficient (Wildman–Crippen LogP) is 3.10. The van der Waals surface area contributed by atoms with Crippen LogP contribution in [0.5, 0.6) is 0 Å². The molecule has 1 heterocycles. The predicted molar refractivity (Wildman–Crippen MR) is 82.5 cm³/mol. The number of hydrogen-bond acceptors (Lipinski definition) is 2. The van der Waals surface area contributed by atoms with Gasteiger partial charge >= 0.3 is 0 Å². The molecule has 0 radical (unpaired) electrons. The fourth-order valence-electron chi connectivity index (χ4n) is 2.99. The average Bonchev–Trinajstić information content (AvgIpc) is 2.38. The third-order valence-corrected chi connectivity index (χ3v) is 4.16. The van der Waals surface area contributed by atoms with Gasteiger partial charge in [0.1, 0.15) is 0 Å². The zero-order chi connectivity index (χ0) is 14.5. The lowest BCUT2D eigenvalue weighted by Gasteiger charge is -2.28. The van der Waals surface area contributed by atoms with Gasteiger partial charge in [0.05, 0.1) is 0 Å². The van der Waals surface area contributed by atoms with Gasteiger partial charge in [-0.3, -0.25) is 4.79 Å². The summed E-state index contributed by atoms with van der Waals surface area (Å²) in [5.41, 5.74) is 9.96. The van der Waals surface area contributed by atoms with Crippen LogP contribution in [0.1, 0.15) is 54.8 Å². The first-order valence-corrected chi connectivity index (χ1v) is 7.68. The highest BCUT2D eigenvalue weighted by atomic mass is 16.2. The molecule has 0 aromatic heterocycles. The number of benzene rings is 1. The maximum absolute atomic E-state index is 12.1. The molecule has 1 amide bonds. The number of aryl methyl sites for hydroxylation is 2. The standard InChI is InChI=1S/C17H26N2O/c1-13-8-9-15(14(2)11-13)16(18)12-19-10-6-4-3-5-7-17(19)20/h8-9,11,16H,3-7,10,12,18H2,1-2H3. The number of rotatable bonds is 3. The minimum absolute atomic E-state index is 0.0843. The minimum atomic E-state index is -0.0843. The van der Waals surface area contributed by atoms with Crippen LogP contribution in [0.4, 0.5) is 0 Å². The summed E-state index contributed by atoms with van der Waals surface area (Å²) in [6, 6.07) is 6.27. The first-order chi connectivity index (χ1) is 9.58. The van der Waals surface area contributed by atoms with Gasteiger partial charge < -0.3 is 10.6 Å². The second-order valence-corrected chi connectivity index (χ2v) is 5.97. The lowest BCUT2D eigenvalue weighted by Crippen LogP contribution is -2.38. The van der Waals surface area contributed by atoms with E-state index in [0.717, 1.165) is 24.9 Å². The molecule has 0 spiro atoms. The highest BCUT2D eigenvalue weighted by Gasteiger charge is 2.19. The Balaban J connectivity index is 2.05. The molecule has 1 atom stereocenters. The Hall–Kier alpha value is -1.35. The summed E-state index contributed by atoms with van der Waals surface area (Å²) in [4.78, 5) is 14.1. The van der Waals surface area contributed by atoms with Crippen LogP contribution < -0.4 is 5.73 Å². The molecule has 2 N–H and O–H groups in total. The molecule has 2 rings (SSSR count). The molecule has 1 aromatic rings. The number of nitrogens with zero attached hydrogens (tertiary/aromatic N) is 1. The van der Waals surface area contributed by atoms with E-state index < -0.39 is 0 Å². The molecular formula is C17H26N2O. The summed E-state index contributed by atoms with van der Waals surface area (Å²) >= 11 is 0. The Bertz CT molecular complexity index is 470. The SMILES string of the molecule is Cc1ccc(C(N)CN2CCCCCCC2=O)c(C)c1. The number of carbonyl (C=O) groups excluding carboxylic acids is 1. The number of amides is 1. The van der Waals surface area contributed by atoms with Gasteiger partial charge in [-0.15, -0.1) is 0 Å². The minimum Gasteiger partial charge on any atom is -0.341 e. The summed E-state index contributed by atoms with van der Waals surface area (Å²) in [5, 5.41) is 0. The van der Waals surface area contributed by atoms with Gasteiger partial charge in [-0.2, -0.15) is 0 Å². The Morgan fingerprint density at radius 3 is 2.70 bits per heavy atom. The van der Waals surface area contributed by atoms with Crippen molar-refractivity contribution >= 4 is 5.91 Å². The van der Waals surface area contributed by atoms with Crippen LogP contribution in [0.3, 0.4) is 0 Å². The lowest BCUT2D eigenvalue weighted by atomic mass is 9.99. The van der Waals surface area contributed by atoms with Gasteiger partial charge in [-0.05, 0) is 37.8 Å². The van der Waals surface area contributed by atoms with Crippen LogP contribution in [0.2, 0.25) is 0 Å². The van der Waals surface area contributed by atoms with Crippen LogP contribution in [0.25, 0.3) is 0 Å². The van der Waals surface area contributed by atoms with Gasteiger partial charge in [0.15, 0.2) is 0 Å². The normalized spacial score (nSPS) is 18.6. The monoisotopic (exact) mass is 274 g/mol. The molecule has 3 nitrogen and oxygen atoms in total. The zero-order valence-electron chi connectivity index (χ0n) is 12.7. The van der Waals surface area contributed by atoms with Crippen molar-refractivity contribution in [3.63, 3.8) is 0 Å². The largest absolute Gasteiger partial charge is 0.341 e. The third-order valence-electron chi connectivity index (χ3n) is 4.16. The van der Waals surface area contributed by atoms with Crippen molar-refractivity contribution in [3.05, 3.63) is 34.9 Å². The molecule has 110 valence electrons. The average molecular weight is 274 g/mol. The number of likely N-dealkylation sites (tertiary alicyclic amines) is 1. The van der Waals surface area contributed by atoms with E-state index in [0.29, 0.717) is 13.0 Å². The van der Waals surface area contributed by atoms with Crippen LogP contribution in [-0.4, -0.2) is 23.9 Å². The second kappa shape index (κ2) is 6.89. The van der Waals surface area contributed by atoms with E-state index in [-0.39, 0.29) is 11.9 Å². The number of carbonyl (C=O) groups is 1. The van der Waals surface area contributed by atoms with Crippen molar-refractivity contribution in [2.75, 3.05) is 13.1 Å². The summed E-state index contributed by atoms with van der Waals surface area (Å²) in [7, 11) is 0. The summed E-state index contributed by atoms with van der Waals surface area (Å²) in [6.45, 7) is 5.68. The van der Waals surface area contributed by atoms with E-state index in [1.807, 2.05) is 4.90 Å². The van der Waals surface area contributed by atoms with E-state index in [2.05, 4.69) is 32.0 Å². The molecular weight excluding hydrogens is 248 g/mol. The van der Waals surface area contributed by atoms with Crippen molar-refractivity contribution in [1.82, 2.24) is 4.90 Å². The molecule has 1 aromatic carbocycles. The van der Waals surface area contributed by atoms with E-state index in [1.165, 1.54) is 24.0 Å². The molecule has 0 aliphatic carbocycles. The van der Waals surface area contributed by atoms with Crippen LogP contribution in [-0.2, 0) is 4.79 Å². The fourth-order valence-corrected chi connectivity index (χ4v) is 2.99. The molecule has 1 fully saturated rings. The highest BCUT2D eigenvalue weighted by Crippen LogP contribution is 2.20. The summed E-state index contributed by atoms with van der Waals surface area (Å²) in [5.74, 6) is 0.268. The van der Waals surface area contributed by atoms with E-state index >= 15 is 0 Å². The maximum atomic E-state index is 12.1. The highest BCUT2D eigenvalue weighted by molar-refractivity contribution is 5.76. The van der Waals surface area contributed by atoms with E-state index in [9.17, 15) is 4.79 Å². The van der Waals surface area contributed by atoms with Gasteiger partial charge in [0.2, 0.25) is 5.91 Å². The molecule has 0 bridgehead atoms. The second-order valence-electron chi connectivity index (χ2n) is 5.97. The molecule has 20 heavy (non-hydrogen) atoms. The number of nitrogens with two attached hydrogens (primary N) is 1. The molecule has 1 unspecified atom stereocenters. The smallest absolute Gasteiger partial charge is 0.222 e. The van der Waals surface area contributed by atoms with Crippen LogP contribution in [0, 0.1) is 13.8 Å². The Morgan fingerprint density at radius 2 is 1.95 bits per heavy atom. The van der Waals surface area contributed by atoms with E-state index in [4.69, 9.17) is 5.73 Å². The van der Waals surface area contributed by atoms with Crippen molar-refractivity contribution in [3.8, 4) is 0 Å². The van der Waals surface area contributed by atoms with Crippen molar-refractivity contribution in [2.24, 2.45) is 5.73 Å². The topological polar surface area (TPSA) is 46.3 Å². The van der Waals surface area contributed by atoms with Crippen molar-refractivity contribution in [2.45, 2.75) is 52.0 Å². The molecule has 1 aliphatic rings. The van der Waals surface area contributed by atoms with Gasteiger partial charge in [0, 0.05) is 25.6 Å². The Labute approximate surface area is 122 Å². The lowest BCUT2D eigenvalue weighted by molar-refractivity contribution is -0.132. The third kappa shape index (κ3) is 3.83. The van der Waals surface area contributed by atoms with Gasteiger partial charge in [0.25, 0.3) is 0 Å². The van der Waals surface area contributed by atoms with Crippen LogP contribution >= 0.6 is 0 Å². The van der Waals surface area contributed by atoms with Gasteiger partial charge in [-0.1, -0.05) is 36.6 Å². The molecule has 1 aliphatic heterocycles. The fraction of sp³-hybridized carbons (Fsp3) is 0.588. The quantitative estimate of drug-likeness (QED) is 0.920. The van der Waals surface area contributed by atoms with Crippen molar-refractivity contribution < 1.29 is 4.79 Å². The first kappa shape index (κ1) is 15.0. The first-order valence-electron chi connectivity index (χ1n) is 7.68.